The van der Waals surface area contributed by atoms with Gasteiger partial charge in [-0.2, -0.15) is 0 Å². The zero-order chi connectivity index (χ0) is 11.8. The van der Waals surface area contributed by atoms with Gasteiger partial charge in [0.25, 0.3) is 0 Å². The van der Waals surface area contributed by atoms with Crippen molar-refractivity contribution in [1.82, 2.24) is 4.90 Å². The molecule has 1 aromatic carbocycles. The highest BCUT2D eigenvalue weighted by Crippen LogP contribution is 2.05. The van der Waals surface area contributed by atoms with Crippen LogP contribution < -0.4 is 0 Å². The minimum Gasteiger partial charge on any atom is -0.396 e. The van der Waals surface area contributed by atoms with Crippen LogP contribution in [-0.4, -0.2) is 40.9 Å². The number of nitrogens with zero attached hydrogens (tertiary/aromatic N) is 1. The highest BCUT2D eigenvalue weighted by Gasteiger charge is 2.09. The molecular formula is C13H21NO2. The number of aliphatic hydroxyl groups excluding tert-OH is 2. The number of benzene rings is 1. The summed E-state index contributed by atoms with van der Waals surface area (Å²) in [4.78, 5) is 2.18. The van der Waals surface area contributed by atoms with Crippen molar-refractivity contribution >= 4 is 0 Å². The van der Waals surface area contributed by atoms with Gasteiger partial charge in [-0.25, -0.2) is 0 Å². The van der Waals surface area contributed by atoms with Crippen molar-refractivity contribution in [2.75, 3.05) is 19.7 Å². The number of hydrogen-bond acceptors (Lipinski definition) is 3. The Morgan fingerprint density at radius 1 is 1.25 bits per heavy atom. The third-order valence-electron chi connectivity index (χ3n) is 2.63. The van der Waals surface area contributed by atoms with Gasteiger partial charge in [-0.15, -0.1) is 0 Å². The molecule has 0 amide bonds. The van der Waals surface area contributed by atoms with Crippen LogP contribution in [0.2, 0.25) is 0 Å². The van der Waals surface area contributed by atoms with Crippen LogP contribution in [0, 0.1) is 0 Å². The minimum atomic E-state index is -0.436. The van der Waals surface area contributed by atoms with Gasteiger partial charge in [0.1, 0.15) is 0 Å². The summed E-state index contributed by atoms with van der Waals surface area (Å²) < 4.78 is 0. The number of hydrogen-bond donors (Lipinski definition) is 2. The van der Waals surface area contributed by atoms with Crippen molar-refractivity contribution in [3.05, 3.63) is 35.9 Å². The molecule has 0 spiro atoms. The van der Waals surface area contributed by atoms with Crippen molar-refractivity contribution in [3.63, 3.8) is 0 Å². The van der Waals surface area contributed by atoms with Crippen LogP contribution in [0.3, 0.4) is 0 Å². The first-order valence-corrected chi connectivity index (χ1v) is 5.81. The Balaban J connectivity index is 2.43. The monoisotopic (exact) mass is 223 g/mol. The molecule has 0 saturated carbocycles. The van der Waals surface area contributed by atoms with Crippen LogP contribution in [0.15, 0.2) is 30.3 Å². The average molecular weight is 223 g/mol. The Kier molecular flexibility index (Phi) is 6.08. The summed E-state index contributed by atoms with van der Waals surface area (Å²) in [5.41, 5.74) is 1.25. The summed E-state index contributed by atoms with van der Waals surface area (Å²) in [6.07, 6.45) is 0.0133. The summed E-state index contributed by atoms with van der Waals surface area (Å²) in [6.45, 7) is 4.49. The predicted molar refractivity (Wildman–Crippen MR) is 65.1 cm³/mol. The molecule has 0 bridgehead atoms. The third-order valence-corrected chi connectivity index (χ3v) is 2.63. The quantitative estimate of drug-likeness (QED) is 0.731. The van der Waals surface area contributed by atoms with Crippen molar-refractivity contribution in [2.24, 2.45) is 0 Å². The SMILES string of the molecule is CCN(Cc1ccccc1)CC(O)CCO. The molecule has 2 N–H and O–H groups in total. The largest absolute Gasteiger partial charge is 0.396 e. The molecule has 3 nitrogen and oxygen atoms in total. The zero-order valence-corrected chi connectivity index (χ0v) is 9.84. The fourth-order valence-corrected chi connectivity index (χ4v) is 1.69. The summed E-state index contributed by atoms with van der Waals surface area (Å²) in [6, 6.07) is 10.2. The molecule has 0 aliphatic rings. The third kappa shape index (κ3) is 4.75. The van der Waals surface area contributed by atoms with E-state index in [1.54, 1.807) is 0 Å². The highest BCUT2D eigenvalue weighted by molar-refractivity contribution is 5.14. The van der Waals surface area contributed by atoms with E-state index >= 15 is 0 Å². The molecule has 1 unspecified atom stereocenters. The van der Waals surface area contributed by atoms with E-state index in [0.29, 0.717) is 13.0 Å². The van der Waals surface area contributed by atoms with Gasteiger partial charge in [-0.05, 0) is 18.5 Å². The van der Waals surface area contributed by atoms with Crippen LogP contribution in [-0.2, 0) is 6.54 Å². The highest BCUT2D eigenvalue weighted by atomic mass is 16.3. The second kappa shape index (κ2) is 7.39. The molecule has 1 rings (SSSR count). The maximum atomic E-state index is 9.63. The molecule has 0 aromatic heterocycles. The first kappa shape index (κ1) is 13.2. The summed E-state index contributed by atoms with van der Waals surface area (Å²) in [5.74, 6) is 0. The summed E-state index contributed by atoms with van der Waals surface area (Å²) >= 11 is 0. The Morgan fingerprint density at radius 3 is 2.50 bits per heavy atom. The van der Waals surface area contributed by atoms with E-state index in [1.807, 2.05) is 18.2 Å². The van der Waals surface area contributed by atoms with Crippen molar-refractivity contribution < 1.29 is 10.2 Å². The minimum absolute atomic E-state index is 0.0457. The number of likely N-dealkylation sites (N-methyl/N-ethyl adjacent to an activating group) is 1. The van der Waals surface area contributed by atoms with E-state index in [0.717, 1.165) is 13.1 Å². The Morgan fingerprint density at radius 2 is 1.94 bits per heavy atom. The second-order valence-electron chi connectivity index (χ2n) is 3.98. The zero-order valence-electron chi connectivity index (χ0n) is 9.84. The molecule has 16 heavy (non-hydrogen) atoms. The van der Waals surface area contributed by atoms with Gasteiger partial charge in [0.05, 0.1) is 6.10 Å². The summed E-state index contributed by atoms with van der Waals surface area (Å²) in [7, 11) is 0. The normalized spacial score (nSPS) is 13.0. The van der Waals surface area contributed by atoms with Gasteiger partial charge in [0.15, 0.2) is 0 Å². The van der Waals surface area contributed by atoms with Crippen LogP contribution >= 0.6 is 0 Å². The van der Waals surface area contributed by atoms with E-state index in [1.165, 1.54) is 5.56 Å². The first-order chi connectivity index (χ1) is 7.76. The molecule has 0 radical (unpaired) electrons. The second-order valence-corrected chi connectivity index (χ2v) is 3.98. The van der Waals surface area contributed by atoms with E-state index in [4.69, 9.17) is 5.11 Å². The van der Waals surface area contributed by atoms with Crippen LogP contribution in [0.4, 0.5) is 0 Å². The lowest BCUT2D eigenvalue weighted by atomic mass is 10.2. The Labute approximate surface area is 97.3 Å². The molecule has 3 heteroatoms. The molecule has 0 saturated heterocycles. The topological polar surface area (TPSA) is 43.7 Å². The van der Waals surface area contributed by atoms with Crippen LogP contribution in [0.5, 0.6) is 0 Å². The molecular weight excluding hydrogens is 202 g/mol. The van der Waals surface area contributed by atoms with Crippen molar-refractivity contribution in [3.8, 4) is 0 Å². The number of rotatable bonds is 7. The van der Waals surface area contributed by atoms with Gasteiger partial charge in [-0.3, -0.25) is 4.90 Å². The molecule has 0 aliphatic heterocycles. The standard InChI is InChI=1S/C13H21NO2/c1-2-14(11-13(16)8-9-15)10-12-6-4-3-5-7-12/h3-7,13,15-16H,2,8-11H2,1H3. The lowest BCUT2D eigenvalue weighted by Gasteiger charge is -2.23. The summed E-state index contributed by atoms with van der Waals surface area (Å²) in [5, 5.41) is 18.4. The maximum Gasteiger partial charge on any atom is 0.0689 e. The van der Waals surface area contributed by atoms with Gasteiger partial charge in [0, 0.05) is 19.7 Å². The van der Waals surface area contributed by atoms with Crippen LogP contribution in [0.1, 0.15) is 18.9 Å². The van der Waals surface area contributed by atoms with E-state index in [9.17, 15) is 5.11 Å². The van der Waals surface area contributed by atoms with Crippen LogP contribution in [0.25, 0.3) is 0 Å². The fraction of sp³-hybridized carbons (Fsp3) is 0.538. The van der Waals surface area contributed by atoms with E-state index < -0.39 is 6.10 Å². The van der Waals surface area contributed by atoms with Crippen molar-refractivity contribution in [2.45, 2.75) is 26.0 Å². The Bertz CT molecular complexity index is 277. The molecule has 0 heterocycles. The molecule has 0 aliphatic carbocycles. The van der Waals surface area contributed by atoms with Gasteiger partial charge in [-0.1, -0.05) is 37.3 Å². The van der Waals surface area contributed by atoms with Gasteiger partial charge in [0.2, 0.25) is 0 Å². The molecule has 1 atom stereocenters. The van der Waals surface area contributed by atoms with Gasteiger partial charge < -0.3 is 10.2 Å². The Hall–Kier alpha value is -0.900. The smallest absolute Gasteiger partial charge is 0.0689 e. The van der Waals surface area contributed by atoms with Gasteiger partial charge >= 0.3 is 0 Å². The van der Waals surface area contributed by atoms with E-state index in [2.05, 4.69) is 24.0 Å². The predicted octanol–water partition coefficient (Wildman–Crippen LogP) is 1.25. The number of aliphatic hydroxyl groups is 2. The lowest BCUT2D eigenvalue weighted by Crippen LogP contribution is -2.32. The molecule has 0 fully saturated rings. The average Bonchev–Trinajstić information content (AvgIpc) is 2.30. The maximum absolute atomic E-state index is 9.63. The van der Waals surface area contributed by atoms with E-state index in [-0.39, 0.29) is 6.61 Å². The van der Waals surface area contributed by atoms with Crippen molar-refractivity contribution in [1.29, 1.82) is 0 Å². The first-order valence-electron chi connectivity index (χ1n) is 5.81. The lowest BCUT2D eigenvalue weighted by molar-refractivity contribution is 0.0868. The molecule has 90 valence electrons. The fourth-order valence-electron chi connectivity index (χ4n) is 1.69. The molecule has 1 aromatic rings.